The van der Waals surface area contributed by atoms with Crippen molar-refractivity contribution >= 4 is 0 Å². The van der Waals surface area contributed by atoms with Crippen molar-refractivity contribution in [1.82, 2.24) is 10.2 Å². The number of nitrogens with zero attached hydrogens (tertiary/aromatic N) is 1. The van der Waals surface area contributed by atoms with Crippen LogP contribution < -0.4 is 5.32 Å². The molecule has 1 saturated heterocycles. The lowest BCUT2D eigenvalue weighted by Gasteiger charge is -2.43. The topological polar surface area (TPSA) is 44.7 Å². The average Bonchev–Trinajstić information content (AvgIpc) is 2.88. The van der Waals surface area contributed by atoms with Gasteiger partial charge < -0.3 is 15.2 Å². The molecule has 2 unspecified atom stereocenters. The summed E-state index contributed by atoms with van der Waals surface area (Å²) < 4.78 is 5.67. The van der Waals surface area contributed by atoms with Crippen LogP contribution >= 0.6 is 0 Å². The number of aliphatic hydroxyl groups is 1. The lowest BCUT2D eigenvalue weighted by Crippen LogP contribution is -2.55. The monoisotopic (exact) mass is 298 g/mol. The molecule has 1 saturated carbocycles. The summed E-state index contributed by atoms with van der Waals surface area (Å²) in [4.78, 5) is 2.54. The van der Waals surface area contributed by atoms with Gasteiger partial charge in [0.15, 0.2) is 0 Å². The van der Waals surface area contributed by atoms with E-state index in [1.165, 1.54) is 25.7 Å². The Morgan fingerprint density at radius 3 is 2.52 bits per heavy atom. The maximum absolute atomic E-state index is 9.37. The molecule has 2 aliphatic rings. The molecule has 0 spiro atoms. The van der Waals surface area contributed by atoms with E-state index in [0.29, 0.717) is 11.5 Å². The van der Waals surface area contributed by atoms with Gasteiger partial charge in [-0.05, 0) is 46.0 Å². The highest BCUT2D eigenvalue weighted by molar-refractivity contribution is 4.93. The normalized spacial score (nSPS) is 30.7. The third-order valence-corrected chi connectivity index (χ3v) is 5.03. The Hall–Kier alpha value is -0.160. The first-order chi connectivity index (χ1) is 9.84. The molecule has 2 rings (SSSR count). The van der Waals surface area contributed by atoms with Gasteiger partial charge in [-0.1, -0.05) is 12.8 Å². The molecular weight excluding hydrogens is 264 g/mol. The molecule has 21 heavy (non-hydrogen) atoms. The van der Waals surface area contributed by atoms with Gasteiger partial charge in [0.1, 0.15) is 0 Å². The fourth-order valence-electron chi connectivity index (χ4n) is 3.61. The van der Waals surface area contributed by atoms with Crippen LogP contribution in [0.15, 0.2) is 0 Å². The van der Waals surface area contributed by atoms with Crippen molar-refractivity contribution in [2.24, 2.45) is 5.41 Å². The molecule has 4 heteroatoms. The Morgan fingerprint density at radius 2 is 1.95 bits per heavy atom. The van der Waals surface area contributed by atoms with Gasteiger partial charge in [-0.2, -0.15) is 0 Å². The van der Waals surface area contributed by atoms with Crippen LogP contribution in [-0.4, -0.2) is 60.5 Å². The van der Waals surface area contributed by atoms with E-state index < -0.39 is 0 Å². The summed E-state index contributed by atoms with van der Waals surface area (Å²) >= 11 is 0. The zero-order valence-corrected chi connectivity index (χ0v) is 14.3. The van der Waals surface area contributed by atoms with Crippen molar-refractivity contribution in [1.29, 1.82) is 0 Å². The molecule has 1 aliphatic heterocycles. The zero-order valence-electron chi connectivity index (χ0n) is 14.3. The summed E-state index contributed by atoms with van der Waals surface area (Å²) in [6.07, 6.45) is 5.35. The van der Waals surface area contributed by atoms with Crippen molar-refractivity contribution in [3.63, 3.8) is 0 Å². The third kappa shape index (κ3) is 4.92. The number of morpholine rings is 1. The number of nitrogens with one attached hydrogen (secondary N) is 1. The molecule has 4 nitrogen and oxygen atoms in total. The molecule has 1 aliphatic carbocycles. The summed E-state index contributed by atoms with van der Waals surface area (Å²) in [5.74, 6) is 0. The van der Waals surface area contributed by atoms with Crippen LogP contribution in [0, 0.1) is 5.41 Å². The molecule has 0 aromatic heterocycles. The summed E-state index contributed by atoms with van der Waals surface area (Å²) in [7, 11) is 0. The molecule has 2 atom stereocenters. The Labute approximate surface area is 130 Å². The van der Waals surface area contributed by atoms with Gasteiger partial charge in [0.2, 0.25) is 0 Å². The van der Waals surface area contributed by atoms with E-state index in [1.54, 1.807) is 0 Å². The molecule has 0 radical (unpaired) electrons. The highest BCUT2D eigenvalue weighted by Crippen LogP contribution is 2.39. The van der Waals surface area contributed by atoms with Crippen molar-refractivity contribution in [2.75, 3.05) is 32.8 Å². The first kappa shape index (κ1) is 17.2. The average molecular weight is 298 g/mol. The molecule has 0 amide bonds. The van der Waals surface area contributed by atoms with Crippen LogP contribution in [0.4, 0.5) is 0 Å². The van der Waals surface area contributed by atoms with Gasteiger partial charge in [0.05, 0.1) is 19.3 Å². The zero-order chi connectivity index (χ0) is 15.5. The number of ether oxygens (including phenoxy) is 1. The number of rotatable bonds is 5. The fourth-order valence-corrected chi connectivity index (χ4v) is 3.61. The Morgan fingerprint density at radius 1 is 1.29 bits per heavy atom. The second-order valence-corrected chi connectivity index (χ2v) is 8.23. The Balaban J connectivity index is 1.98. The highest BCUT2D eigenvalue weighted by atomic mass is 16.5. The van der Waals surface area contributed by atoms with Gasteiger partial charge in [-0.25, -0.2) is 0 Å². The van der Waals surface area contributed by atoms with Crippen molar-refractivity contribution in [2.45, 2.75) is 71.1 Å². The smallest absolute Gasteiger partial charge is 0.0933 e. The lowest BCUT2D eigenvalue weighted by molar-refractivity contribution is -0.0879. The van der Waals surface area contributed by atoms with E-state index in [0.717, 1.165) is 26.2 Å². The summed E-state index contributed by atoms with van der Waals surface area (Å²) in [5.41, 5.74) is 0.582. The van der Waals surface area contributed by atoms with Crippen LogP contribution in [-0.2, 0) is 4.74 Å². The molecular formula is C17H34N2O2. The number of hydrogen-bond acceptors (Lipinski definition) is 4. The first-order valence-corrected chi connectivity index (χ1v) is 8.55. The van der Waals surface area contributed by atoms with Crippen molar-refractivity contribution < 1.29 is 9.84 Å². The Bertz CT molecular complexity index is 321. The van der Waals surface area contributed by atoms with E-state index in [9.17, 15) is 5.11 Å². The molecule has 2 fully saturated rings. The SMILES string of the molecule is CC1COC(CO)CN1CC1(CNC(C)(C)C)CCCC1. The second kappa shape index (κ2) is 6.95. The maximum Gasteiger partial charge on any atom is 0.0933 e. The molecule has 0 aromatic carbocycles. The van der Waals surface area contributed by atoms with E-state index >= 15 is 0 Å². The Kier molecular flexibility index (Phi) is 5.69. The van der Waals surface area contributed by atoms with Crippen molar-refractivity contribution in [3.05, 3.63) is 0 Å². The predicted molar refractivity (Wildman–Crippen MR) is 86.5 cm³/mol. The third-order valence-electron chi connectivity index (χ3n) is 5.03. The lowest BCUT2D eigenvalue weighted by atomic mass is 9.84. The second-order valence-electron chi connectivity index (χ2n) is 8.23. The van der Waals surface area contributed by atoms with Crippen LogP contribution in [0.2, 0.25) is 0 Å². The highest BCUT2D eigenvalue weighted by Gasteiger charge is 2.38. The van der Waals surface area contributed by atoms with E-state index in [-0.39, 0.29) is 18.2 Å². The summed E-state index contributed by atoms with van der Waals surface area (Å²) in [5, 5.41) is 13.1. The van der Waals surface area contributed by atoms with Gasteiger partial charge in [-0.3, -0.25) is 4.90 Å². The quantitative estimate of drug-likeness (QED) is 0.815. The van der Waals surface area contributed by atoms with Crippen LogP contribution in [0.5, 0.6) is 0 Å². The first-order valence-electron chi connectivity index (χ1n) is 8.55. The minimum Gasteiger partial charge on any atom is -0.394 e. The van der Waals surface area contributed by atoms with Gasteiger partial charge in [0, 0.05) is 31.2 Å². The van der Waals surface area contributed by atoms with Gasteiger partial charge >= 0.3 is 0 Å². The molecule has 0 aromatic rings. The predicted octanol–water partition coefficient (Wildman–Crippen LogP) is 2.02. The van der Waals surface area contributed by atoms with Gasteiger partial charge in [0.25, 0.3) is 0 Å². The largest absolute Gasteiger partial charge is 0.394 e. The molecule has 124 valence electrons. The number of hydrogen-bond donors (Lipinski definition) is 2. The minimum absolute atomic E-state index is 0.00442. The van der Waals surface area contributed by atoms with Gasteiger partial charge in [-0.15, -0.1) is 0 Å². The fraction of sp³-hybridized carbons (Fsp3) is 1.00. The van der Waals surface area contributed by atoms with Crippen LogP contribution in [0.1, 0.15) is 53.4 Å². The standard InChI is InChI=1S/C17H34N2O2/c1-14-11-21-15(10-20)9-19(14)13-17(7-5-6-8-17)12-18-16(2,3)4/h14-15,18,20H,5-13H2,1-4H3. The minimum atomic E-state index is -0.00442. The van der Waals surface area contributed by atoms with E-state index in [2.05, 4.69) is 37.9 Å². The summed E-state index contributed by atoms with van der Waals surface area (Å²) in [6.45, 7) is 13.0. The van der Waals surface area contributed by atoms with Crippen molar-refractivity contribution in [3.8, 4) is 0 Å². The molecule has 0 bridgehead atoms. The molecule has 1 heterocycles. The number of aliphatic hydroxyl groups excluding tert-OH is 1. The molecule has 2 N–H and O–H groups in total. The summed E-state index contributed by atoms with van der Waals surface area (Å²) in [6, 6.07) is 0.458. The maximum atomic E-state index is 9.37. The van der Waals surface area contributed by atoms with E-state index in [4.69, 9.17) is 4.74 Å². The van der Waals surface area contributed by atoms with E-state index in [1.807, 2.05) is 0 Å². The van der Waals surface area contributed by atoms with Crippen LogP contribution in [0.3, 0.4) is 0 Å². The van der Waals surface area contributed by atoms with Crippen LogP contribution in [0.25, 0.3) is 0 Å².